The largest absolute Gasteiger partial charge is 0.486 e. The van der Waals surface area contributed by atoms with Gasteiger partial charge in [0.05, 0.1) is 12.1 Å². The molecule has 0 spiro atoms. The van der Waals surface area contributed by atoms with E-state index in [-0.39, 0.29) is 30.7 Å². The highest BCUT2D eigenvalue weighted by atomic mass is 35.5. The molecular formula is C15H20Cl3N3O2S. The van der Waals surface area contributed by atoms with Crippen LogP contribution in [0.1, 0.15) is 10.7 Å². The smallest absolute Gasteiger partial charge is 0.226 e. The van der Waals surface area contributed by atoms with E-state index in [1.165, 1.54) is 11.3 Å². The van der Waals surface area contributed by atoms with Gasteiger partial charge >= 0.3 is 0 Å². The first kappa shape index (κ1) is 22.9. The van der Waals surface area contributed by atoms with E-state index < -0.39 is 0 Å². The highest BCUT2D eigenvalue weighted by Crippen LogP contribution is 2.18. The molecular weight excluding hydrogens is 393 g/mol. The monoisotopic (exact) mass is 411 g/mol. The Kier molecular flexibility index (Phi) is 11.8. The Morgan fingerprint density at radius 2 is 1.96 bits per heavy atom. The van der Waals surface area contributed by atoms with Gasteiger partial charge in [-0.2, -0.15) is 0 Å². The lowest BCUT2D eigenvalue weighted by Crippen LogP contribution is -2.31. The number of carbonyl (C=O) groups is 1. The molecule has 24 heavy (non-hydrogen) atoms. The molecule has 1 heterocycles. The van der Waals surface area contributed by atoms with Crippen LogP contribution in [0.3, 0.4) is 0 Å². The normalized spacial score (nSPS) is 9.58. The second kappa shape index (κ2) is 12.3. The summed E-state index contributed by atoms with van der Waals surface area (Å²) in [6.45, 7) is 1.75. The molecule has 2 rings (SSSR count). The van der Waals surface area contributed by atoms with Crippen LogP contribution in [0.25, 0.3) is 0 Å². The second-order valence-electron chi connectivity index (χ2n) is 4.61. The van der Waals surface area contributed by atoms with Crippen LogP contribution in [0.5, 0.6) is 5.75 Å². The van der Waals surface area contributed by atoms with Crippen LogP contribution in [0.15, 0.2) is 29.6 Å². The van der Waals surface area contributed by atoms with Gasteiger partial charge in [0.15, 0.2) is 0 Å². The lowest BCUT2D eigenvalue weighted by molar-refractivity contribution is -0.120. The fourth-order valence-corrected chi connectivity index (χ4v) is 2.56. The van der Waals surface area contributed by atoms with E-state index in [0.29, 0.717) is 24.6 Å². The van der Waals surface area contributed by atoms with E-state index in [1.807, 2.05) is 24.6 Å². The maximum atomic E-state index is 11.7. The first-order valence-corrected chi connectivity index (χ1v) is 8.16. The van der Waals surface area contributed by atoms with Gasteiger partial charge in [0, 0.05) is 23.5 Å². The molecule has 0 saturated carbocycles. The minimum Gasteiger partial charge on any atom is -0.486 e. The Morgan fingerprint density at radius 1 is 1.25 bits per heavy atom. The molecule has 0 aliphatic rings. The standard InChI is InChI=1S/C15H18ClN3O2S.2ClH/c1-17-6-7-18-14(20)8-12-10-22-15(19-12)9-21-13-4-2-11(16)3-5-13;;/h2-5,10,17H,6-9H2,1H3,(H,18,20);2*1H. The van der Waals surface area contributed by atoms with E-state index in [2.05, 4.69) is 15.6 Å². The molecule has 0 saturated heterocycles. The van der Waals surface area contributed by atoms with Gasteiger partial charge in [-0.25, -0.2) is 4.98 Å². The highest BCUT2D eigenvalue weighted by molar-refractivity contribution is 7.09. The summed E-state index contributed by atoms with van der Waals surface area (Å²) in [7, 11) is 1.85. The van der Waals surface area contributed by atoms with Gasteiger partial charge in [-0.3, -0.25) is 4.79 Å². The average molecular weight is 413 g/mol. The summed E-state index contributed by atoms with van der Waals surface area (Å²) < 4.78 is 5.63. The number of likely N-dealkylation sites (N-methyl/N-ethyl adjacent to an activating group) is 1. The lowest BCUT2D eigenvalue weighted by atomic mass is 10.3. The summed E-state index contributed by atoms with van der Waals surface area (Å²) in [6, 6.07) is 7.18. The minimum absolute atomic E-state index is 0. The molecule has 5 nitrogen and oxygen atoms in total. The summed E-state index contributed by atoms with van der Waals surface area (Å²) in [5.74, 6) is 0.719. The van der Waals surface area contributed by atoms with Gasteiger partial charge in [-0.05, 0) is 31.3 Å². The lowest BCUT2D eigenvalue weighted by Gasteiger charge is -2.04. The number of halogens is 3. The fraction of sp³-hybridized carbons (Fsp3) is 0.333. The molecule has 0 bridgehead atoms. The molecule has 0 aliphatic carbocycles. The van der Waals surface area contributed by atoms with Gasteiger partial charge in [0.1, 0.15) is 17.4 Å². The summed E-state index contributed by atoms with van der Waals surface area (Å²) >= 11 is 7.31. The third-order valence-corrected chi connectivity index (χ3v) is 3.94. The zero-order valence-corrected chi connectivity index (χ0v) is 16.3. The van der Waals surface area contributed by atoms with E-state index in [9.17, 15) is 4.79 Å². The predicted octanol–water partition coefficient (Wildman–Crippen LogP) is 3.10. The number of thiazole rings is 1. The molecule has 9 heteroatoms. The highest BCUT2D eigenvalue weighted by Gasteiger charge is 2.08. The van der Waals surface area contributed by atoms with Crippen molar-refractivity contribution < 1.29 is 9.53 Å². The predicted molar refractivity (Wildman–Crippen MR) is 103 cm³/mol. The number of nitrogens with one attached hydrogen (secondary N) is 2. The minimum atomic E-state index is -0.0225. The molecule has 0 radical (unpaired) electrons. The van der Waals surface area contributed by atoms with Crippen LogP contribution < -0.4 is 15.4 Å². The molecule has 0 fully saturated rings. The van der Waals surface area contributed by atoms with E-state index in [4.69, 9.17) is 16.3 Å². The molecule has 2 N–H and O–H groups in total. The molecule has 0 unspecified atom stereocenters. The summed E-state index contributed by atoms with van der Waals surface area (Å²) in [4.78, 5) is 16.1. The summed E-state index contributed by atoms with van der Waals surface area (Å²) in [5, 5.41) is 9.20. The fourth-order valence-electron chi connectivity index (χ4n) is 1.73. The van der Waals surface area contributed by atoms with Crippen molar-refractivity contribution in [3.8, 4) is 5.75 Å². The molecule has 1 amide bonds. The van der Waals surface area contributed by atoms with Gasteiger partial charge in [-0.1, -0.05) is 11.6 Å². The molecule has 1 aromatic carbocycles. The summed E-state index contributed by atoms with van der Waals surface area (Å²) in [5.41, 5.74) is 0.765. The quantitative estimate of drug-likeness (QED) is 0.654. The Morgan fingerprint density at radius 3 is 2.62 bits per heavy atom. The van der Waals surface area contributed by atoms with E-state index in [1.54, 1.807) is 12.1 Å². The Labute approximate surface area is 163 Å². The van der Waals surface area contributed by atoms with Crippen molar-refractivity contribution in [1.82, 2.24) is 15.6 Å². The topological polar surface area (TPSA) is 63.2 Å². The maximum Gasteiger partial charge on any atom is 0.226 e. The Hall–Kier alpha value is -1.05. The number of ether oxygens (including phenoxy) is 1. The number of amides is 1. The number of rotatable bonds is 8. The number of carbonyl (C=O) groups excluding carboxylic acids is 1. The first-order chi connectivity index (χ1) is 10.7. The first-order valence-electron chi connectivity index (χ1n) is 6.90. The van der Waals surface area contributed by atoms with Gasteiger partial charge in [0.2, 0.25) is 5.91 Å². The SMILES string of the molecule is CNCCNC(=O)Cc1csc(COc2ccc(Cl)cc2)n1.Cl.Cl. The molecule has 1 aromatic heterocycles. The number of nitrogens with zero attached hydrogens (tertiary/aromatic N) is 1. The zero-order chi connectivity index (χ0) is 15.8. The van der Waals surface area contributed by atoms with Crippen molar-refractivity contribution >= 4 is 53.7 Å². The summed E-state index contributed by atoms with van der Waals surface area (Å²) in [6.07, 6.45) is 0.293. The molecule has 2 aromatic rings. The Balaban J connectivity index is 0.00000264. The number of hydrogen-bond donors (Lipinski definition) is 2. The number of aromatic nitrogens is 1. The molecule has 0 atom stereocenters. The van der Waals surface area contributed by atoms with E-state index >= 15 is 0 Å². The van der Waals surface area contributed by atoms with Crippen LogP contribution in [-0.2, 0) is 17.8 Å². The van der Waals surface area contributed by atoms with Crippen molar-refractivity contribution in [3.05, 3.63) is 45.4 Å². The average Bonchev–Trinajstić information content (AvgIpc) is 2.94. The van der Waals surface area contributed by atoms with Crippen LogP contribution in [0.4, 0.5) is 0 Å². The van der Waals surface area contributed by atoms with Crippen LogP contribution in [-0.4, -0.2) is 31.0 Å². The van der Waals surface area contributed by atoms with E-state index in [0.717, 1.165) is 23.0 Å². The number of hydrogen-bond acceptors (Lipinski definition) is 5. The third kappa shape index (κ3) is 8.17. The van der Waals surface area contributed by atoms with Crippen molar-refractivity contribution in [1.29, 1.82) is 0 Å². The van der Waals surface area contributed by atoms with Crippen molar-refractivity contribution in [2.24, 2.45) is 0 Å². The van der Waals surface area contributed by atoms with Crippen LogP contribution in [0, 0.1) is 0 Å². The van der Waals surface area contributed by atoms with Crippen molar-refractivity contribution in [3.63, 3.8) is 0 Å². The Bertz CT molecular complexity index is 608. The zero-order valence-electron chi connectivity index (χ0n) is 13.1. The number of benzene rings is 1. The maximum absolute atomic E-state index is 11.7. The van der Waals surface area contributed by atoms with Crippen LogP contribution >= 0.6 is 47.8 Å². The molecule has 134 valence electrons. The second-order valence-corrected chi connectivity index (χ2v) is 5.98. The van der Waals surface area contributed by atoms with Gasteiger partial charge in [0.25, 0.3) is 0 Å². The van der Waals surface area contributed by atoms with Gasteiger partial charge in [-0.15, -0.1) is 36.2 Å². The van der Waals surface area contributed by atoms with Crippen molar-refractivity contribution in [2.45, 2.75) is 13.0 Å². The van der Waals surface area contributed by atoms with Crippen molar-refractivity contribution in [2.75, 3.05) is 20.1 Å². The third-order valence-electron chi connectivity index (χ3n) is 2.81. The molecule has 0 aliphatic heterocycles. The van der Waals surface area contributed by atoms with Gasteiger partial charge < -0.3 is 15.4 Å². The van der Waals surface area contributed by atoms with Crippen LogP contribution in [0.2, 0.25) is 5.02 Å².